The number of benzene rings is 1. The van der Waals surface area contributed by atoms with E-state index in [2.05, 4.69) is 10.6 Å². The van der Waals surface area contributed by atoms with Gasteiger partial charge in [0, 0.05) is 24.0 Å². The molecule has 1 aromatic carbocycles. The minimum Gasteiger partial charge on any atom is -0.490 e. The van der Waals surface area contributed by atoms with Gasteiger partial charge in [-0.15, -0.1) is 11.3 Å². The van der Waals surface area contributed by atoms with Gasteiger partial charge in [-0.25, -0.2) is 0 Å². The summed E-state index contributed by atoms with van der Waals surface area (Å²) in [4.78, 5) is 39.3. The van der Waals surface area contributed by atoms with E-state index < -0.39 is 17.9 Å². The van der Waals surface area contributed by atoms with Gasteiger partial charge in [0.15, 0.2) is 5.11 Å². The molecular weight excluding hydrogens is 450 g/mol. The lowest BCUT2D eigenvalue weighted by molar-refractivity contribution is -0.148. The van der Waals surface area contributed by atoms with E-state index in [9.17, 15) is 14.4 Å². The van der Waals surface area contributed by atoms with Crippen LogP contribution in [0.2, 0.25) is 0 Å². The van der Waals surface area contributed by atoms with Crippen molar-refractivity contribution in [1.29, 1.82) is 0 Å². The minimum atomic E-state index is -0.861. The van der Waals surface area contributed by atoms with Crippen molar-refractivity contribution in [1.82, 2.24) is 15.5 Å². The Morgan fingerprint density at radius 3 is 2.78 bits per heavy atom. The van der Waals surface area contributed by atoms with E-state index >= 15 is 0 Å². The Hall–Kier alpha value is -3.24. The van der Waals surface area contributed by atoms with Crippen LogP contribution in [0.25, 0.3) is 6.08 Å². The number of esters is 1. The molecule has 2 aromatic rings. The summed E-state index contributed by atoms with van der Waals surface area (Å²) < 4.78 is 10.7. The van der Waals surface area contributed by atoms with Gasteiger partial charge < -0.3 is 19.7 Å². The summed E-state index contributed by atoms with van der Waals surface area (Å²) in [5.41, 5.74) is 0. The topological polar surface area (TPSA) is 97.0 Å². The zero-order valence-electron chi connectivity index (χ0n) is 17.2. The van der Waals surface area contributed by atoms with Crippen molar-refractivity contribution in [2.75, 3.05) is 26.3 Å². The van der Waals surface area contributed by atoms with E-state index in [0.29, 0.717) is 18.8 Å². The lowest BCUT2D eigenvalue weighted by atomic mass is 10.1. The number of nitrogens with one attached hydrogen (secondary N) is 2. The number of ether oxygens (including phenoxy) is 2. The maximum absolute atomic E-state index is 12.4. The zero-order valence-corrected chi connectivity index (χ0v) is 18.8. The number of carbonyl (C=O) groups excluding carboxylic acids is 3. The van der Waals surface area contributed by atoms with Crippen molar-refractivity contribution >= 4 is 52.5 Å². The predicted octanol–water partition coefficient (Wildman–Crippen LogP) is 1.98. The molecule has 2 heterocycles. The Balaban J connectivity index is 1.48. The van der Waals surface area contributed by atoms with Gasteiger partial charge in [0.25, 0.3) is 0 Å². The number of rotatable bonds is 8. The molecule has 168 valence electrons. The summed E-state index contributed by atoms with van der Waals surface area (Å²) in [6.07, 6.45) is 2.86. The maximum atomic E-state index is 12.4. The molecule has 0 bridgehead atoms. The zero-order chi connectivity index (χ0) is 22.8. The van der Waals surface area contributed by atoms with Crippen LogP contribution in [0.15, 0.2) is 53.9 Å². The highest BCUT2D eigenvalue weighted by molar-refractivity contribution is 7.80. The van der Waals surface area contributed by atoms with Crippen LogP contribution in [0, 0.1) is 0 Å². The molecule has 1 atom stereocenters. The maximum Gasteiger partial charge on any atom is 0.308 e. The van der Waals surface area contributed by atoms with Crippen LogP contribution in [-0.2, 0) is 19.1 Å². The molecule has 0 spiro atoms. The first-order chi connectivity index (χ1) is 15.5. The van der Waals surface area contributed by atoms with Crippen LogP contribution in [0.3, 0.4) is 0 Å². The van der Waals surface area contributed by atoms with Crippen molar-refractivity contribution in [2.24, 2.45) is 0 Å². The first-order valence-corrected chi connectivity index (χ1v) is 11.3. The number of hydrogen-bond donors (Lipinski definition) is 2. The van der Waals surface area contributed by atoms with Crippen LogP contribution < -0.4 is 15.4 Å². The highest BCUT2D eigenvalue weighted by Crippen LogP contribution is 2.12. The smallest absolute Gasteiger partial charge is 0.308 e. The van der Waals surface area contributed by atoms with Gasteiger partial charge in [0.1, 0.15) is 25.0 Å². The van der Waals surface area contributed by atoms with Gasteiger partial charge in [-0.2, -0.15) is 0 Å². The van der Waals surface area contributed by atoms with E-state index in [4.69, 9.17) is 21.7 Å². The molecule has 1 saturated heterocycles. The lowest BCUT2D eigenvalue weighted by Gasteiger charge is -2.36. The Morgan fingerprint density at radius 1 is 1.22 bits per heavy atom. The first kappa shape index (κ1) is 23.4. The molecule has 0 aliphatic carbocycles. The number of thiophene rings is 1. The number of thiocarbonyl (C=S) groups is 1. The van der Waals surface area contributed by atoms with E-state index in [-0.39, 0.29) is 30.7 Å². The Labute approximate surface area is 195 Å². The second kappa shape index (κ2) is 12.0. The number of hydrogen-bond acceptors (Lipinski definition) is 7. The fraction of sp³-hybridized carbons (Fsp3) is 0.273. The van der Waals surface area contributed by atoms with Gasteiger partial charge in [-0.05, 0) is 41.9 Å². The number of piperazine rings is 1. The summed E-state index contributed by atoms with van der Waals surface area (Å²) in [6.45, 7) is 0.975. The fourth-order valence-corrected chi connectivity index (χ4v) is 3.91. The minimum absolute atomic E-state index is 0.0523. The van der Waals surface area contributed by atoms with E-state index in [0.717, 1.165) is 4.88 Å². The second-order valence-electron chi connectivity index (χ2n) is 6.73. The van der Waals surface area contributed by atoms with E-state index in [1.807, 2.05) is 35.7 Å². The number of nitrogens with zero attached hydrogens (tertiary/aromatic N) is 1. The van der Waals surface area contributed by atoms with Gasteiger partial charge >= 0.3 is 5.97 Å². The molecule has 1 fully saturated rings. The van der Waals surface area contributed by atoms with Crippen LogP contribution >= 0.6 is 23.6 Å². The number of amides is 2. The third kappa shape index (κ3) is 7.17. The second-order valence-corrected chi connectivity index (χ2v) is 8.10. The van der Waals surface area contributed by atoms with Crippen molar-refractivity contribution in [3.8, 4) is 5.75 Å². The van der Waals surface area contributed by atoms with Crippen LogP contribution in [-0.4, -0.2) is 60.1 Å². The lowest BCUT2D eigenvalue weighted by Crippen LogP contribution is -2.60. The monoisotopic (exact) mass is 473 g/mol. The van der Waals surface area contributed by atoms with E-state index in [1.165, 1.54) is 22.3 Å². The molecule has 1 aliphatic rings. The van der Waals surface area contributed by atoms with E-state index in [1.54, 1.807) is 18.2 Å². The average Bonchev–Trinajstić information content (AvgIpc) is 3.31. The molecule has 2 amide bonds. The molecule has 0 saturated carbocycles. The van der Waals surface area contributed by atoms with Crippen LogP contribution in [0.4, 0.5) is 0 Å². The molecule has 10 heteroatoms. The van der Waals surface area contributed by atoms with Gasteiger partial charge in [-0.3, -0.25) is 19.7 Å². The molecule has 0 radical (unpaired) electrons. The molecule has 2 N–H and O–H groups in total. The Bertz CT molecular complexity index is 963. The van der Waals surface area contributed by atoms with Crippen molar-refractivity contribution in [2.45, 2.75) is 12.5 Å². The summed E-state index contributed by atoms with van der Waals surface area (Å²) in [5.74, 6) is -0.635. The summed E-state index contributed by atoms with van der Waals surface area (Å²) in [7, 11) is 0. The first-order valence-electron chi connectivity index (χ1n) is 9.97. The van der Waals surface area contributed by atoms with Gasteiger partial charge in [-0.1, -0.05) is 24.3 Å². The highest BCUT2D eigenvalue weighted by Gasteiger charge is 2.34. The van der Waals surface area contributed by atoms with Crippen molar-refractivity contribution in [3.05, 3.63) is 58.8 Å². The molecule has 1 aliphatic heterocycles. The summed E-state index contributed by atoms with van der Waals surface area (Å²) in [5, 5.41) is 7.30. The number of carbonyl (C=O) groups is 3. The van der Waals surface area contributed by atoms with Crippen molar-refractivity contribution in [3.63, 3.8) is 0 Å². The third-order valence-corrected chi connectivity index (χ3v) is 5.66. The quantitative estimate of drug-likeness (QED) is 0.262. The molecule has 3 rings (SSSR count). The molecule has 1 unspecified atom stereocenters. The largest absolute Gasteiger partial charge is 0.490 e. The summed E-state index contributed by atoms with van der Waals surface area (Å²) >= 11 is 6.82. The molecule has 32 heavy (non-hydrogen) atoms. The predicted molar refractivity (Wildman–Crippen MR) is 125 cm³/mol. The fourth-order valence-electron chi connectivity index (χ4n) is 2.97. The highest BCUT2D eigenvalue weighted by atomic mass is 32.1. The summed E-state index contributed by atoms with van der Waals surface area (Å²) in [6, 6.07) is 12.1. The van der Waals surface area contributed by atoms with Crippen LogP contribution in [0.5, 0.6) is 5.75 Å². The standard InChI is InChI=1S/C22H23N3O5S2/c26-19(9-8-17-7-4-14-32-17)24-22(31)25-11-10-23-21(28)18(25)15-20(27)30-13-12-29-16-5-2-1-3-6-16/h1-9,14,18H,10-13,15H2,(H,23,28)(H,24,26,31). The molecular formula is C22H23N3O5S2. The third-order valence-electron chi connectivity index (χ3n) is 4.48. The van der Waals surface area contributed by atoms with Gasteiger partial charge in [0.05, 0.1) is 6.42 Å². The van der Waals surface area contributed by atoms with Crippen molar-refractivity contribution < 1.29 is 23.9 Å². The Morgan fingerprint density at radius 2 is 2.03 bits per heavy atom. The molecule has 8 nitrogen and oxygen atoms in total. The van der Waals surface area contributed by atoms with Crippen LogP contribution in [0.1, 0.15) is 11.3 Å². The molecule has 1 aromatic heterocycles. The normalized spacial score (nSPS) is 15.8. The average molecular weight is 474 g/mol. The Kier molecular flexibility index (Phi) is 8.76. The SMILES string of the molecule is O=C(C=Cc1cccs1)NC(=S)N1CCNC(=O)C1CC(=O)OCCOc1ccccc1. The van der Waals surface area contributed by atoms with Gasteiger partial charge in [0.2, 0.25) is 11.8 Å². The number of para-hydroxylation sites is 1.